The molecule has 2 aromatic rings. The minimum atomic E-state index is -0.928. The molecule has 0 aliphatic heterocycles. The quantitative estimate of drug-likeness (QED) is 0.913. The van der Waals surface area contributed by atoms with Crippen LogP contribution in [-0.4, -0.2) is 31.3 Å². The van der Waals surface area contributed by atoms with Gasteiger partial charge in [0.2, 0.25) is 0 Å². The molecule has 0 spiro atoms. The van der Waals surface area contributed by atoms with Crippen LogP contribution in [0.3, 0.4) is 0 Å². The van der Waals surface area contributed by atoms with Crippen LogP contribution in [0, 0.1) is 0 Å². The molecule has 0 aliphatic rings. The van der Waals surface area contributed by atoms with Gasteiger partial charge >= 0.3 is 5.97 Å². The van der Waals surface area contributed by atoms with Crippen molar-refractivity contribution in [3.8, 4) is 11.4 Å². The highest BCUT2D eigenvalue weighted by molar-refractivity contribution is 9.10. The summed E-state index contributed by atoms with van der Waals surface area (Å²) >= 11 is 3.42. The van der Waals surface area contributed by atoms with Crippen LogP contribution in [0.15, 0.2) is 28.7 Å². The zero-order chi connectivity index (χ0) is 13.8. The topological polar surface area (TPSA) is 80.9 Å². The summed E-state index contributed by atoms with van der Waals surface area (Å²) in [6.45, 7) is 1.93. The van der Waals surface area contributed by atoms with E-state index in [4.69, 9.17) is 0 Å². The number of nitrogens with zero attached hydrogens (tertiary/aromatic N) is 4. The van der Waals surface area contributed by atoms with Gasteiger partial charge in [0.15, 0.2) is 11.9 Å². The first-order valence-electron chi connectivity index (χ1n) is 5.90. The van der Waals surface area contributed by atoms with Gasteiger partial charge in [-0.25, -0.2) is 9.48 Å². The lowest BCUT2D eigenvalue weighted by atomic mass is 10.1. The van der Waals surface area contributed by atoms with Crippen molar-refractivity contribution in [3.63, 3.8) is 0 Å². The van der Waals surface area contributed by atoms with E-state index in [9.17, 15) is 9.90 Å². The highest BCUT2D eigenvalue weighted by atomic mass is 79.9. The fourth-order valence-electron chi connectivity index (χ4n) is 1.85. The summed E-state index contributed by atoms with van der Waals surface area (Å²) in [5.74, 6) is -0.476. The highest BCUT2D eigenvalue weighted by Crippen LogP contribution is 2.28. The van der Waals surface area contributed by atoms with Crippen LogP contribution in [0.25, 0.3) is 11.4 Å². The predicted molar refractivity (Wildman–Crippen MR) is 72.5 cm³/mol. The van der Waals surface area contributed by atoms with Crippen LogP contribution in [0.1, 0.15) is 25.8 Å². The molecule has 0 saturated heterocycles. The summed E-state index contributed by atoms with van der Waals surface area (Å²) in [5, 5.41) is 20.7. The number of aliphatic carboxylic acids is 1. The number of carboxylic acids is 1. The molecule has 19 heavy (non-hydrogen) atoms. The molecule has 1 atom stereocenters. The zero-order valence-corrected chi connectivity index (χ0v) is 11.9. The molecule has 1 aromatic carbocycles. The number of benzene rings is 1. The lowest BCUT2D eigenvalue weighted by Gasteiger charge is -2.13. The van der Waals surface area contributed by atoms with E-state index in [2.05, 4.69) is 31.5 Å². The first kappa shape index (κ1) is 13.7. The molecule has 0 aliphatic carbocycles. The Kier molecular flexibility index (Phi) is 4.26. The molecular formula is C12H13BrN4O2. The van der Waals surface area contributed by atoms with E-state index < -0.39 is 12.0 Å². The minimum Gasteiger partial charge on any atom is -0.480 e. The summed E-state index contributed by atoms with van der Waals surface area (Å²) < 4.78 is 2.19. The third-order valence-electron chi connectivity index (χ3n) is 2.75. The van der Waals surface area contributed by atoms with Crippen molar-refractivity contribution in [2.45, 2.75) is 25.8 Å². The maximum atomic E-state index is 11.3. The number of rotatable bonds is 5. The summed E-state index contributed by atoms with van der Waals surface area (Å²) in [6.07, 6.45) is 1.23. The van der Waals surface area contributed by atoms with Gasteiger partial charge in [0.25, 0.3) is 0 Å². The molecule has 1 heterocycles. The van der Waals surface area contributed by atoms with Gasteiger partial charge in [-0.15, -0.1) is 5.10 Å². The number of tetrazole rings is 1. The second-order valence-electron chi connectivity index (χ2n) is 4.07. The monoisotopic (exact) mass is 324 g/mol. The molecular weight excluding hydrogens is 312 g/mol. The van der Waals surface area contributed by atoms with Crippen LogP contribution in [0.2, 0.25) is 0 Å². The van der Waals surface area contributed by atoms with E-state index in [0.29, 0.717) is 12.2 Å². The van der Waals surface area contributed by atoms with E-state index in [1.54, 1.807) is 0 Å². The third-order valence-corrected chi connectivity index (χ3v) is 3.44. The minimum absolute atomic E-state index is 0.452. The number of carbonyl (C=O) groups is 1. The molecule has 0 bridgehead atoms. The molecule has 6 nitrogen and oxygen atoms in total. The van der Waals surface area contributed by atoms with Crippen LogP contribution < -0.4 is 0 Å². The third kappa shape index (κ3) is 2.81. The van der Waals surface area contributed by atoms with E-state index in [0.717, 1.165) is 16.5 Å². The maximum Gasteiger partial charge on any atom is 0.328 e. The van der Waals surface area contributed by atoms with Gasteiger partial charge < -0.3 is 5.11 Å². The normalized spacial score (nSPS) is 12.3. The summed E-state index contributed by atoms with van der Waals surface area (Å²) in [7, 11) is 0. The summed E-state index contributed by atoms with van der Waals surface area (Å²) in [4.78, 5) is 11.3. The Balaban J connectivity index is 2.47. The van der Waals surface area contributed by atoms with Gasteiger partial charge in [-0.3, -0.25) is 0 Å². The van der Waals surface area contributed by atoms with Crippen molar-refractivity contribution in [1.82, 2.24) is 20.2 Å². The van der Waals surface area contributed by atoms with Crippen molar-refractivity contribution < 1.29 is 9.90 Å². The maximum absolute atomic E-state index is 11.3. The number of carboxylic acid groups (broad SMARTS) is 1. The second-order valence-corrected chi connectivity index (χ2v) is 4.92. The molecule has 0 fully saturated rings. The van der Waals surface area contributed by atoms with Gasteiger partial charge in [-0.2, -0.15) is 0 Å². The van der Waals surface area contributed by atoms with Crippen LogP contribution in [-0.2, 0) is 4.79 Å². The highest BCUT2D eigenvalue weighted by Gasteiger charge is 2.24. The SMILES string of the molecule is CCCC(C(=O)O)n1nnnc1-c1ccccc1Br. The smallest absolute Gasteiger partial charge is 0.328 e. The number of halogens is 1. The van der Waals surface area contributed by atoms with Gasteiger partial charge in [0.1, 0.15) is 0 Å². The first-order chi connectivity index (χ1) is 9.15. The van der Waals surface area contributed by atoms with Crippen molar-refractivity contribution in [2.24, 2.45) is 0 Å². The molecule has 0 radical (unpaired) electrons. The van der Waals surface area contributed by atoms with Crippen LogP contribution in [0.4, 0.5) is 0 Å². The van der Waals surface area contributed by atoms with Crippen molar-refractivity contribution >= 4 is 21.9 Å². The first-order valence-corrected chi connectivity index (χ1v) is 6.70. The molecule has 0 saturated carbocycles. The van der Waals surface area contributed by atoms with Crippen molar-refractivity contribution in [2.75, 3.05) is 0 Å². The fourth-order valence-corrected chi connectivity index (χ4v) is 2.31. The van der Waals surface area contributed by atoms with Gasteiger partial charge in [-0.1, -0.05) is 41.4 Å². The Morgan fingerprint density at radius 3 is 2.84 bits per heavy atom. The summed E-state index contributed by atoms with van der Waals surface area (Å²) in [6, 6.07) is 6.69. The fraction of sp³-hybridized carbons (Fsp3) is 0.333. The molecule has 0 amide bonds. The average Bonchev–Trinajstić information content (AvgIpc) is 2.84. The Bertz CT molecular complexity index is 585. The van der Waals surface area contributed by atoms with E-state index in [1.165, 1.54) is 4.68 Å². The summed E-state index contributed by atoms with van der Waals surface area (Å²) in [5.41, 5.74) is 0.773. The predicted octanol–water partition coefficient (Wildman–Crippen LogP) is 2.53. The van der Waals surface area contributed by atoms with Crippen LogP contribution in [0.5, 0.6) is 0 Å². The van der Waals surface area contributed by atoms with Gasteiger partial charge in [0, 0.05) is 10.0 Å². The van der Waals surface area contributed by atoms with Gasteiger partial charge in [0.05, 0.1) is 0 Å². The molecule has 2 rings (SSSR count). The lowest BCUT2D eigenvalue weighted by molar-refractivity contribution is -0.141. The van der Waals surface area contributed by atoms with Crippen molar-refractivity contribution in [1.29, 1.82) is 0 Å². The molecule has 1 N–H and O–H groups in total. The Hall–Kier alpha value is -1.76. The zero-order valence-electron chi connectivity index (χ0n) is 10.3. The van der Waals surface area contributed by atoms with Crippen molar-refractivity contribution in [3.05, 3.63) is 28.7 Å². The van der Waals surface area contributed by atoms with Crippen LogP contribution >= 0.6 is 15.9 Å². The molecule has 1 unspecified atom stereocenters. The molecule has 7 heteroatoms. The van der Waals surface area contributed by atoms with E-state index >= 15 is 0 Å². The number of hydrogen-bond acceptors (Lipinski definition) is 4. The number of hydrogen-bond donors (Lipinski definition) is 1. The average molecular weight is 325 g/mol. The Morgan fingerprint density at radius 2 is 2.21 bits per heavy atom. The largest absolute Gasteiger partial charge is 0.480 e. The van der Waals surface area contributed by atoms with Gasteiger partial charge in [-0.05, 0) is 29.0 Å². The van der Waals surface area contributed by atoms with E-state index in [-0.39, 0.29) is 0 Å². The standard InChI is InChI=1S/C12H13BrN4O2/c1-2-5-10(12(18)19)17-11(14-15-16-17)8-6-3-4-7-9(8)13/h3-4,6-7,10H,2,5H2,1H3,(H,18,19). The lowest BCUT2D eigenvalue weighted by Crippen LogP contribution is -2.21. The second kappa shape index (κ2) is 5.92. The molecule has 100 valence electrons. The van der Waals surface area contributed by atoms with E-state index in [1.807, 2.05) is 31.2 Å². The number of aromatic nitrogens is 4. The Labute approximate surface area is 118 Å². The molecule has 1 aromatic heterocycles. The Morgan fingerprint density at radius 1 is 1.47 bits per heavy atom.